The summed E-state index contributed by atoms with van der Waals surface area (Å²) in [4.78, 5) is 0. The Balaban J connectivity index is 1.95. The van der Waals surface area contributed by atoms with Gasteiger partial charge in [-0.05, 0) is 41.6 Å². The molecule has 0 fully saturated rings. The minimum absolute atomic E-state index is 0.553. The summed E-state index contributed by atoms with van der Waals surface area (Å²) in [6, 6.07) is 15.3. The lowest BCUT2D eigenvalue weighted by molar-refractivity contribution is 0.881. The van der Waals surface area contributed by atoms with E-state index in [1.165, 1.54) is 0 Å². The van der Waals surface area contributed by atoms with Crippen LogP contribution in [0.25, 0.3) is 11.4 Å². The average molecular weight is 272 g/mol. The lowest BCUT2D eigenvalue weighted by Crippen LogP contribution is -1.94. The van der Waals surface area contributed by atoms with Crippen molar-refractivity contribution in [2.75, 3.05) is 5.32 Å². The second-order valence-corrected chi connectivity index (χ2v) is 4.35. The monoisotopic (exact) mass is 271 g/mol. The lowest BCUT2D eigenvalue weighted by atomic mass is 10.1. The van der Waals surface area contributed by atoms with Crippen molar-refractivity contribution in [3.63, 3.8) is 0 Å². The summed E-state index contributed by atoms with van der Waals surface area (Å²) in [5.74, 6) is 0.553. The van der Waals surface area contributed by atoms with Gasteiger partial charge in [0, 0.05) is 22.0 Å². The first-order valence-electron chi connectivity index (χ1n) is 5.68. The summed E-state index contributed by atoms with van der Waals surface area (Å²) in [7, 11) is 0. The molecule has 1 aromatic heterocycles. The minimum Gasteiger partial charge on any atom is -0.355 e. The number of aromatic amines is 1. The van der Waals surface area contributed by atoms with E-state index in [9.17, 15) is 0 Å². The van der Waals surface area contributed by atoms with Gasteiger partial charge in [0.25, 0.3) is 0 Å². The third-order valence-electron chi connectivity index (χ3n) is 2.64. The molecule has 0 bridgehead atoms. The molecule has 0 aliphatic rings. The highest BCUT2D eigenvalue weighted by atomic mass is 35.5. The highest BCUT2D eigenvalue weighted by molar-refractivity contribution is 6.30. The molecule has 0 saturated carbocycles. The van der Waals surface area contributed by atoms with Crippen molar-refractivity contribution in [1.29, 1.82) is 0 Å². The lowest BCUT2D eigenvalue weighted by Gasteiger charge is -2.09. The molecular formula is C13H10ClN5. The largest absolute Gasteiger partial charge is 0.355 e. The predicted molar refractivity (Wildman–Crippen MR) is 74.3 cm³/mol. The number of tetrazole rings is 1. The fourth-order valence-corrected chi connectivity index (χ4v) is 1.88. The molecule has 2 aromatic carbocycles. The van der Waals surface area contributed by atoms with Crippen molar-refractivity contribution in [3.05, 3.63) is 53.6 Å². The van der Waals surface area contributed by atoms with Crippen LogP contribution in [0.2, 0.25) is 5.02 Å². The van der Waals surface area contributed by atoms with E-state index in [0.717, 1.165) is 16.9 Å². The zero-order valence-corrected chi connectivity index (χ0v) is 10.6. The summed E-state index contributed by atoms with van der Waals surface area (Å²) < 4.78 is 0. The molecule has 0 spiro atoms. The Hall–Kier alpha value is -2.40. The molecule has 2 N–H and O–H groups in total. The number of nitrogens with one attached hydrogen (secondary N) is 2. The Bertz CT molecular complexity index is 664. The van der Waals surface area contributed by atoms with Gasteiger partial charge >= 0.3 is 0 Å². The third kappa shape index (κ3) is 2.56. The van der Waals surface area contributed by atoms with Crippen molar-refractivity contribution in [3.8, 4) is 11.4 Å². The van der Waals surface area contributed by atoms with Crippen LogP contribution in [0, 0.1) is 0 Å². The number of hydrogen-bond donors (Lipinski definition) is 2. The van der Waals surface area contributed by atoms with Crippen LogP contribution < -0.4 is 5.32 Å². The standard InChI is InChI=1S/C13H10ClN5/c14-9-5-7-10(8-6-9)15-12-4-2-1-3-11(12)13-16-18-19-17-13/h1-8,15H,(H,16,17,18,19). The third-order valence-corrected chi connectivity index (χ3v) is 2.89. The molecule has 0 unspecified atom stereocenters. The van der Waals surface area contributed by atoms with E-state index in [4.69, 9.17) is 11.6 Å². The van der Waals surface area contributed by atoms with Crippen LogP contribution in [0.1, 0.15) is 0 Å². The number of aromatic nitrogens is 4. The number of H-pyrrole nitrogens is 1. The summed E-state index contributed by atoms with van der Waals surface area (Å²) in [5.41, 5.74) is 2.73. The van der Waals surface area contributed by atoms with Crippen LogP contribution >= 0.6 is 11.6 Å². The average Bonchev–Trinajstić information content (AvgIpc) is 2.96. The zero-order chi connectivity index (χ0) is 13.1. The van der Waals surface area contributed by atoms with Crippen molar-refractivity contribution in [2.24, 2.45) is 0 Å². The van der Waals surface area contributed by atoms with E-state index in [0.29, 0.717) is 10.8 Å². The van der Waals surface area contributed by atoms with Crippen molar-refractivity contribution in [1.82, 2.24) is 20.6 Å². The fraction of sp³-hybridized carbons (Fsp3) is 0. The maximum atomic E-state index is 5.87. The maximum absolute atomic E-state index is 5.87. The van der Waals surface area contributed by atoms with Crippen LogP contribution in [0.3, 0.4) is 0 Å². The predicted octanol–water partition coefficient (Wildman–Crippen LogP) is 3.26. The van der Waals surface area contributed by atoms with Crippen molar-refractivity contribution < 1.29 is 0 Å². The number of hydrogen-bond acceptors (Lipinski definition) is 4. The Kier molecular flexibility index (Phi) is 3.12. The number of halogens is 1. The highest BCUT2D eigenvalue weighted by Crippen LogP contribution is 2.27. The maximum Gasteiger partial charge on any atom is 0.206 e. The topological polar surface area (TPSA) is 66.5 Å². The molecule has 0 aliphatic carbocycles. The van der Waals surface area contributed by atoms with E-state index in [1.807, 2.05) is 48.5 Å². The first kappa shape index (κ1) is 11.7. The van der Waals surface area contributed by atoms with Crippen LogP contribution in [-0.2, 0) is 0 Å². The molecule has 0 saturated heterocycles. The minimum atomic E-state index is 0.553. The number of benzene rings is 2. The number of anilines is 2. The van der Waals surface area contributed by atoms with Crippen molar-refractivity contribution >= 4 is 23.0 Å². The number of rotatable bonds is 3. The highest BCUT2D eigenvalue weighted by Gasteiger charge is 2.08. The molecule has 3 aromatic rings. The van der Waals surface area contributed by atoms with Gasteiger partial charge in [-0.2, -0.15) is 5.21 Å². The van der Waals surface area contributed by atoms with Crippen molar-refractivity contribution in [2.45, 2.75) is 0 Å². The summed E-state index contributed by atoms with van der Waals surface area (Å²) >= 11 is 5.87. The molecule has 3 rings (SSSR count). The molecule has 94 valence electrons. The van der Waals surface area contributed by atoms with Gasteiger partial charge in [-0.3, -0.25) is 0 Å². The van der Waals surface area contributed by atoms with Gasteiger partial charge in [0.2, 0.25) is 5.82 Å². The second-order valence-electron chi connectivity index (χ2n) is 3.91. The van der Waals surface area contributed by atoms with Gasteiger partial charge in [-0.1, -0.05) is 23.7 Å². The Morgan fingerprint density at radius 2 is 1.79 bits per heavy atom. The molecule has 0 amide bonds. The van der Waals surface area contributed by atoms with Gasteiger partial charge in [0.1, 0.15) is 0 Å². The van der Waals surface area contributed by atoms with Gasteiger partial charge in [-0.25, -0.2) is 0 Å². The molecular weight excluding hydrogens is 262 g/mol. The molecule has 0 radical (unpaired) electrons. The van der Waals surface area contributed by atoms with Crippen LogP contribution in [0.5, 0.6) is 0 Å². The SMILES string of the molecule is Clc1ccc(Nc2ccccc2-c2nn[nH]n2)cc1. The van der Waals surface area contributed by atoms with E-state index >= 15 is 0 Å². The first-order valence-corrected chi connectivity index (χ1v) is 6.06. The van der Waals surface area contributed by atoms with E-state index < -0.39 is 0 Å². The Morgan fingerprint density at radius 1 is 1.00 bits per heavy atom. The molecule has 1 heterocycles. The number of para-hydroxylation sites is 1. The fourth-order valence-electron chi connectivity index (χ4n) is 1.75. The normalized spacial score (nSPS) is 10.4. The Labute approximate surface area is 114 Å². The van der Waals surface area contributed by atoms with E-state index in [-0.39, 0.29) is 0 Å². The smallest absolute Gasteiger partial charge is 0.206 e. The second kappa shape index (κ2) is 5.07. The number of nitrogens with zero attached hydrogens (tertiary/aromatic N) is 3. The first-order chi connectivity index (χ1) is 9.33. The van der Waals surface area contributed by atoms with Crippen LogP contribution in [0.15, 0.2) is 48.5 Å². The van der Waals surface area contributed by atoms with Gasteiger partial charge in [0.05, 0.1) is 0 Å². The molecule has 0 atom stereocenters. The molecule has 5 nitrogen and oxygen atoms in total. The van der Waals surface area contributed by atoms with E-state index in [1.54, 1.807) is 0 Å². The van der Waals surface area contributed by atoms with Gasteiger partial charge < -0.3 is 5.32 Å². The van der Waals surface area contributed by atoms with Gasteiger partial charge in [-0.15, -0.1) is 10.2 Å². The summed E-state index contributed by atoms with van der Waals surface area (Å²) in [6.07, 6.45) is 0. The molecule has 6 heteroatoms. The summed E-state index contributed by atoms with van der Waals surface area (Å²) in [6.45, 7) is 0. The van der Waals surface area contributed by atoms with E-state index in [2.05, 4.69) is 25.9 Å². The Morgan fingerprint density at radius 3 is 2.53 bits per heavy atom. The van der Waals surface area contributed by atoms with Crippen LogP contribution in [-0.4, -0.2) is 20.6 Å². The molecule has 0 aliphatic heterocycles. The quantitative estimate of drug-likeness (QED) is 0.767. The zero-order valence-electron chi connectivity index (χ0n) is 9.84. The van der Waals surface area contributed by atoms with Crippen LogP contribution in [0.4, 0.5) is 11.4 Å². The molecule has 19 heavy (non-hydrogen) atoms. The summed E-state index contributed by atoms with van der Waals surface area (Å²) in [5, 5.41) is 18.0. The van der Waals surface area contributed by atoms with Gasteiger partial charge in [0.15, 0.2) is 0 Å².